The fourth-order valence-electron chi connectivity index (χ4n) is 2.00. The lowest BCUT2D eigenvalue weighted by atomic mass is 10.1. The van der Waals surface area contributed by atoms with Gasteiger partial charge in [0, 0.05) is 6.04 Å². The normalized spacial score (nSPS) is 26.2. The molecule has 74 valence electrons. The van der Waals surface area contributed by atoms with Crippen LogP contribution in [0.5, 0.6) is 0 Å². The van der Waals surface area contributed by atoms with Crippen molar-refractivity contribution < 1.29 is 4.42 Å². The van der Waals surface area contributed by atoms with E-state index in [1.165, 1.54) is 0 Å². The van der Waals surface area contributed by atoms with Crippen molar-refractivity contribution in [3.05, 3.63) is 24.2 Å². The molecule has 2 rings (SSSR count). The molecule has 1 saturated carbocycles. The average molecular weight is 190 g/mol. The molecule has 14 heavy (non-hydrogen) atoms. The lowest BCUT2D eigenvalue weighted by Crippen LogP contribution is -2.31. The number of nitrogens with one attached hydrogen (secondary N) is 1. The van der Waals surface area contributed by atoms with Gasteiger partial charge in [0.2, 0.25) is 0 Å². The lowest BCUT2D eigenvalue weighted by molar-refractivity contribution is 0.419. The van der Waals surface area contributed by atoms with Crippen LogP contribution in [0.4, 0.5) is 0 Å². The Kier molecular flexibility index (Phi) is 2.85. The van der Waals surface area contributed by atoms with Crippen molar-refractivity contribution in [2.45, 2.75) is 31.8 Å². The van der Waals surface area contributed by atoms with Crippen LogP contribution in [-0.4, -0.2) is 6.04 Å². The molecular weight excluding hydrogens is 176 g/mol. The monoisotopic (exact) mass is 190 g/mol. The molecule has 1 aliphatic carbocycles. The molecule has 0 bridgehead atoms. The summed E-state index contributed by atoms with van der Waals surface area (Å²) < 4.78 is 5.22. The Hall–Kier alpha value is -1.27. The van der Waals surface area contributed by atoms with Gasteiger partial charge >= 0.3 is 0 Å². The van der Waals surface area contributed by atoms with Crippen molar-refractivity contribution in [2.75, 3.05) is 0 Å². The van der Waals surface area contributed by atoms with E-state index in [9.17, 15) is 0 Å². The first-order chi connectivity index (χ1) is 6.90. The van der Waals surface area contributed by atoms with Crippen molar-refractivity contribution in [2.24, 2.45) is 5.92 Å². The van der Waals surface area contributed by atoms with E-state index in [0.29, 0.717) is 6.04 Å². The molecule has 3 nitrogen and oxygen atoms in total. The summed E-state index contributed by atoms with van der Waals surface area (Å²) in [6, 6.07) is 6.53. The van der Waals surface area contributed by atoms with Gasteiger partial charge in [0.05, 0.1) is 24.8 Å². The highest BCUT2D eigenvalue weighted by Gasteiger charge is 2.26. The van der Waals surface area contributed by atoms with Gasteiger partial charge in [-0.15, -0.1) is 0 Å². The van der Waals surface area contributed by atoms with Crippen LogP contribution in [0.2, 0.25) is 0 Å². The summed E-state index contributed by atoms with van der Waals surface area (Å²) in [5.41, 5.74) is 0. The van der Waals surface area contributed by atoms with Gasteiger partial charge in [-0.3, -0.25) is 0 Å². The third-order valence-corrected chi connectivity index (χ3v) is 2.80. The summed E-state index contributed by atoms with van der Waals surface area (Å²) in [6.07, 6.45) is 4.98. The summed E-state index contributed by atoms with van der Waals surface area (Å²) in [6.45, 7) is 0.732. The summed E-state index contributed by atoms with van der Waals surface area (Å²) in [7, 11) is 0. The molecule has 1 N–H and O–H groups in total. The largest absolute Gasteiger partial charge is 0.468 e. The Labute approximate surface area is 83.7 Å². The first-order valence-corrected chi connectivity index (χ1v) is 5.05. The number of furan rings is 1. The highest BCUT2D eigenvalue weighted by molar-refractivity contribution is 5.01. The Balaban J connectivity index is 1.83. The molecule has 2 atom stereocenters. The van der Waals surface area contributed by atoms with Crippen LogP contribution in [0.25, 0.3) is 0 Å². The zero-order valence-electron chi connectivity index (χ0n) is 8.07. The van der Waals surface area contributed by atoms with Gasteiger partial charge in [0.25, 0.3) is 0 Å². The standard InChI is InChI=1S/C11H14N2O/c12-7-9-3-1-5-11(9)13-8-10-4-2-6-14-10/h2,4,6,9,11,13H,1,3,5,8H2. The molecule has 0 radical (unpaired) electrons. The number of nitriles is 1. The molecule has 0 saturated heterocycles. The van der Waals surface area contributed by atoms with Gasteiger partial charge in [-0.1, -0.05) is 6.42 Å². The van der Waals surface area contributed by atoms with Crippen LogP contribution in [0.15, 0.2) is 22.8 Å². The molecule has 0 spiro atoms. The minimum Gasteiger partial charge on any atom is -0.468 e. The van der Waals surface area contributed by atoms with E-state index in [-0.39, 0.29) is 5.92 Å². The molecular formula is C11H14N2O. The van der Waals surface area contributed by atoms with Crippen molar-refractivity contribution in [1.29, 1.82) is 5.26 Å². The second kappa shape index (κ2) is 4.30. The maximum atomic E-state index is 8.88. The van der Waals surface area contributed by atoms with Crippen LogP contribution < -0.4 is 5.32 Å². The van der Waals surface area contributed by atoms with Crippen LogP contribution >= 0.6 is 0 Å². The van der Waals surface area contributed by atoms with Crippen LogP contribution in [0, 0.1) is 17.2 Å². The summed E-state index contributed by atoms with van der Waals surface area (Å²) in [5.74, 6) is 1.12. The van der Waals surface area contributed by atoms with Gasteiger partial charge in [0.15, 0.2) is 0 Å². The van der Waals surface area contributed by atoms with E-state index >= 15 is 0 Å². The zero-order valence-corrected chi connectivity index (χ0v) is 8.07. The Morgan fingerprint density at radius 3 is 3.21 bits per heavy atom. The van der Waals surface area contributed by atoms with Gasteiger partial charge in [0.1, 0.15) is 5.76 Å². The minimum absolute atomic E-state index is 0.185. The second-order valence-corrected chi connectivity index (χ2v) is 3.73. The topological polar surface area (TPSA) is 49.0 Å². The third kappa shape index (κ3) is 1.97. The molecule has 1 fully saturated rings. The number of hydrogen-bond acceptors (Lipinski definition) is 3. The predicted molar refractivity (Wildman–Crippen MR) is 52.3 cm³/mol. The van der Waals surface area contributed by atoms with E-state index in [1.54, 1.807) is 6.26 Å². The van der Waals surface area contributed by atoms with Gasteiger partial charge in [-0.2, -0.15) is 5.26 Å². The van der Waals surface area contributed by atoms with Crippen molar-refractivity contribution in [3.8, 4) is 6.07 Å². The maximum absolute atomic E-state index is 8.88. The Morgan fingerprint density at radius 1 is 1.57 bits per heavy atom. The lowest BCUT2D eigenvalue weighted by Gasteiger charge is -2.13. The molecule has 1 aliphatic rings. The quantitative estimate of drug-likeness (QED) is 0.793. The van der Waals surface area contributed by atoms with E-state index in [4.69, 9.17) is 9.68 Å². The van der Waals surface area contributed by atoms with Crippen LogP contribution in [-0.2, 0) is 6.54 Å². The smallest absolute Gasteiger partial charge is 0.117 e. The summed E-state index contributed by atoms with van der Waals surface area (Å²) >= 11 is 0. The molecule has 0 aromatic carbocycles. The summed E-state index contributed by atoms with van der Waals surface area (Å²) in [5, 5.41) is 12.2. The molecule has 1 aromatic heterocycles. The highest BCUT2D eigenvalue weighted by atomic mass is 16.3. The average Bonchev–Trinajstić information content (AvgIpc) is 2.85. The first kappa shape index (κ1) is 9.29. The number of hydrogen-bond donors (Lipinski definition) is 1. The van der Waals surface area contributed by atoms with Crippen molar-refractivity contribution in [1.82, 2.24) is 5.32 Å². The fraction of sp³-hybridized carbons (Fsp3) is 0.545. The molecule has 0 aliphatic heterocycles. The number of rotatable bonds is 3. The van der Waals surface area contributed by atoms with E-state index < -0.39 is 0 Å². The van der Waals surface area contributed by atoms with Crippen molar-refractivity contribution >= 4 is 0 Å². The van der Waals surface area contributed by atoms with E-state index in [0.717, 1.165) is 31.6 Å². The van der Waals surface area contributed by atoms with E-state index in [2.05, 4.69) is 11.4 Å². The zero-order chi connectivity index (χ0) is 9.80. The first-order valence-electron chi connectivity index (χ1n) is 5.05. The molecule has 0 amide bonds. The highest BCUT2D eigenvalue weighted by Crippen LogP contribution is 2.25. The Morgan fingerprint density at radius 2 is 2.50 bits per heavy atom. The molecule has 2 unspecified atom stereocenters. The maximum Gasteiger partial charge on any atom is 0.117 e. The minimum atomic E-state index is 0.185. The van der Waals surface area contributed by atoms with E-state index in [1.807, 2.05) is 12.1 Å². The predicted octanol–water partition coefficient (Wildman–Crippen LogP) is 2.06. The Bertz CT molecular complexity index is 313. The van der Waals surface area contributed by atoms with Gasteiger partial charge in [-0.05, 0) is 25.0 Å². The second-order valence-electron chi connectivity index (χ2n) is 3.73. The van der Waals surface area contributed by atoms with Crippen LogP contribution in [0.3, 0.4) is 0 Å². The van der Waals surface area contributed by atoms with Gasteiger partial charge < -0.3 is 9.73 Å². The van der Waals surface area contributed by atoms with Gasteiger partial charge in [-0.25, -0.2) is 0 Å². The van der Waals surface area contributed by atoms with Crippen molar-refractivity contribution in [3.63, 3.8) is 0 Å². The van der Waals surface area contributed by atoms with Crippen LogP contribution in [0.1, 0.15) is 25.0 Å². The third-order valence-electron chi connectivity index (χ3n) is 2.80. The fourth-order valence-corrected chi connectivity index (χ4v) is 2.00. The SMILES string of the molecule is N#CC1CCCC1NCc1ccco1. The number of nitrogens with zero attached hydrogens (tertiary/aromatic N) is 1. The molecule has 3 heteroatoms. The molecule has 1 aromatic rings. The summed E-state index contributed by atoms with van der Waals surface area (Å²) in [4.78, 5) is 0. The molecule has 1 heterocycles.